The van der Waals surface area contributed by atoms with Gasteiger partial charge in [0.15, 0.2) is 0 Å². The van der Waals surface area contributed by atoms with Gasteiger partial charge in [-0.2, -0.15) is 5.10 Å². The molecular weight excluding hydrogens is 320 g/mol. The van der Waals surface area contributed by atoms with Crippen molar-refractivity contribution < 1.29 is 9.90 Å². The van der Waals surface area contributed by atoms with E-state index in [2.05, 4.69) is 23.5 Å². The number of hydrazone groups is 1. The normalized spacial score (nSPS) is 11.7. The minimum atomic E-state index is -0.426. The van der Waals surface area contributed by atoms with Gasteiger partial charge in [-0.3, -0.25) is 4.79 Å². The summed E-state index contributed by atoms with van der Waals surface area (Å²) in [6.45, 7) is 3.96. The van der Waals surface area contributed by atoms with Gasteiger partial charge in [0.25, 0.3) is 5.91 Å². The first kappa shape index (κ1) is 16.2. The number of nitrogens with one attached hydrogen (secondary N) is 1. The van der Waals surface area contributed by atoms with Crippen LogP contribution < -0.4 is 5.43 Å². The molecule has 3 aromatic rings. The third-order valence-corrected chi connectivity index (χ3v) is 5.14. The summed E-state index contributed by atoms with van der Waals surface area (Å²) in [5, 5.41) is 16.0. The molecule has 0 radical (unpaired) electrons. The minimum Gasteiger partial charge on any atom is -0.507 e. The summed E-state index contributed by atoms with van der Waals surface area (Å²) in [4.78, 5) is 14.6. The number of rotatable bonds is 4. The lowest BCUT2D eigenvalue weighted by atomic mass is 10.1. The Bertz CT molecular complexity index is 928. The number of thiophene rings is 1. The van der Waals surface area contributed by atoms with E-state index in [1.54, 1.807) is 23.5 Å². The number of benzene rings is 2. The van der Waals surface area contributed by atoms with Crippen LogP contribution in [-0.4, -0.2) is 16.7 Å². The van der Waals surface area contributed by atoms with Crippen molar-refractivity contribution in [2.75, 3.05) is 0 Å². The number of phenols is 1. The van der Waals surface area contributed by atoms with E-state index >= 15 is 0 Å². The van der Waals surface area contributed by atoms with Crippen molar-refractivity contribution in [2.24, 2.45) is 5.10 Å². The number of nitrogens with zero attached hydrogens (tertiary/aromatic N) is 1. The molecule has 3 rings (SSSR count). The second kappa shape index (κ2) is 6.84. The quantitative estimate of drug-likeness (QED) is 0.549. The van der Waals surface area contributed by atoms with Gasteiger partial charge in [0, 0.05) is 4.88 Å². The largest absolute Gasteiger partial charge is 0.507 e. The molecule has 1 heterocycles. The van der Waals surface area contributed by atoms with Crippen LogP contribution in [0.1, 0.15) is 34.0 Å². The van der Waals surface area contributed by atoms with E-state index in [1.165, 1.54) is 4.88 Å². The van der Waals surface area contributed by atoms with Crippen LogP contribution in [0.3, 0.4) is 0 Å². The zero-order valence-electron chi connectivity index (χ0n) is 13.5. The molecule has 5 heteroatoms. The van der Waals surface area contributed by atoms with Crippen LogP contribution >= 0.6 is 11.3 Å². The van der Waals surface area contributed by atoms with E-state index in [1.807, 2.05) is 37.3 Å². The van der Waals surface area contributed by atoms with Crippen LogP contribution in [0.5, 0.6) is 5.75 Å². The van der Waals surface area contributed by atoms with Crippen molar-refractivity contribution in [2.45, 2.75) is 20.3 Å². The van der Waals surface area contributed by atoms with Gasteiger partial charge < -0.3 is 5.11 Å². The van der Waals surface area contributed by atoms with E-state index in [0.29, 0.717) is 0 Å². The van der Waals surface area contributed by atoms with Gasteiger partial charge in [-0.05, 0) is 48.4 Å². The van der Waals surface area contributed by atoms with Crippen molar-refractivity contribution in [3.63, 3.8) is 0 Å². The average Bonchev–Trinajstić information content (AvgIpc) is 3.08. The zero-order chi connectivity index (χ0) is 17.1. The highest BCUT2D eigenvalue weighted by Crippen LogP contribution is 2.25. The number of hydrogen-bond donors (Lipinski definition) is 2. The van der Waals surface area contributed by atoms with E-state index in [9.17, 15) is 9.90 Å². The smallest absolute Gasteiger partial charge is 0.275 e. The Hall–Kier alpha value is -2.66. The van der Waals surface area contributed by atoms with Crippen molar-refractivity contribution in [3.8, 4) is 5.75 Å². The number of amides is 1. The Kier molecular flexibility index (Phi) is 4.62. The molecule has 24 heavy (non-hydrogen) atoms. The molecule has 0 aliphatic carbocycles. The fourth-order valence-corrected chi connectivity index (χ4v) is 3.31. The van der Waals surface area contributed by atoms with E-state index < -0.39 is 5.91 Å². The molecular formula is C19H18N2O2S. The lowest BCUT2D eigenvalue weighted by molar-refractivity contribution is 0.0952. The first-order valence-corrected chi connectivity index (χ1v) is 8.55. The Morgan fingerprint density at radius 3 is 2.54 bits per heavy atom. The summed E-state index contributed by atoms with van der Waals surface area (Å²) in [5.41, 5.74) is 3.48. The summed E-state index contributed by atoms with van der Waals surface area (Å²) in [5.74, 6) is -0.478. The molecule has 0 bridgehead atoms. The van der Waals surface area contributed by atoms with Gasteiger partial charge in [-0.1, -0.05) is 31.2 Å². The van der Waals surface area contributed by atoms with Crippen LogP contribution in [0.25, 0.3) is 10.8 Å². The first-order chi connectivity index (χ1) is 11.6. The van der Waals surface area contributed by atoms with Crippen LogP contribution in [0.2, 0.25) is 0 Å². The third kappa shape index (κ3) is 3.31. The minimum absolute atomic E-state index is 0.0524. The highest BCUT2D eigenvalue weighted by atomic mass is 32.1. The molecule has 0 fully saturated rings. The summed E-state index contributed by atoms with van der Waals surface area (Å²) in [6, 6.07) is 14.9. The molecule has 4 nitrogen and oxygen atoms in total. The predicted molar refractivity (Wildman–Crippen MR) is 99.0 cm³/mol. The zero-order valence-corrected chi connectivity index (χ0v) is 14.4. The fourth-order valence-electron chi connectivity index (χ4n) is 2.42. The fraction of sp³-hybridized carbons (Fsp3) is 0.158. The van der Waals surface area contributed by atoms with Gasteiger partial charge in [-0.15, -0.1) is 11.3 Å². The van der Waals surface area contributed by atoms with E-state index in [-0.39, 0.29) is 11.3 Å². The maximum absolute atomic E-state index is 12.3. The number of aryl methyl sites for hydroxylation is 1. The molecule has 0 aliphatic rings. The summed E-state index contributed by atoms with van der Waals surface area (Å²) in [7, 11) is 0. The Morgan fingerprint density at radius 1 is 1.17 bits per heavy atom. The topological polar surface area (TPSA) is 61.7 Å². The van der Waals surface area contributed by atoms with Crippen LogP contribution in [-0.2, 0) is 6.42 Å². The maximum atomic E-state index is 12.3. The third-order valence-electron chi connectivity index (χ3n) is 3.80. The number of hydrogen-bond acceptors (Lipinski definition) is 4. The molecule has 0 saturated heterocycles. The molecule has 0 saturated carbocycles. The van der Waals surface area contributed by atoms with Gasteiger partial charge in [-0.25, -0.2) is 5.43 Å². The highest BCUT2D eigenvalue weighted by Gasteiger charge is 2.12. The van der Waals surface area contributed by atoms with Crippen molar-refractivity contribution >= 4 is 33.7 Å². The van der Waals surface area contributed by atoms with Crippen molar-refractivity contribution in [3.05, 3.63) is 63.8 Å². The van der Waals surface area contributed by atoms with Crippen LogP contribution in [0, 0.1) is 0 Å². The molecule has 1 amide bonds. The van der Waals surface area contributed by atoms with Crippen LogP contribution in [0.4, 0.5) is 0 Å². The molecule has 1 aromatic heterocycles. The Morgan fingerprint density at radius 2 is 1.88 bits per heavy atom. The first-order valence-electron chi connectivity index (χ1n) is 7.74. The number of phenolic OH excluding ortho intramolecular Hbond substituents is 1. The summed E-state index contributed by atoms with van der Waals surface area (Å²) < 4.78 is 0. The number of fused-ring (bicyclic) bond motifs is 1. The lowest BCUT2D eigenvalue weighted by Crippen LogP contribution is -2.19. The number of carbonyl (C=O) groups excluding carboxylic acids is 1. The monoisotopic (exact) mass is 338 g/mol. The molecule has 2 aromatic carbocycles. The number of aromatic hydroxyl groups is 1. The van der Waals surface area contributed by atoms with E-state index in [4.69, 9.17) is 0 Å². The summed E-state index contributed by atoms with van der Waals surface area (Å²) >= 11 is 1.66. The van der Waals surface area contributed by atoms with Crippen molar-refractivity contribution in [1.82, 2.24) is 5.43 Å². The molecule has 0 spiro atoms. The van der Waals surface area contributed by atoms with Gasteiger partial charge in [0.05, 0.1) is 16.2 Å². The standard InChI is InChI=1S/C19H18N2O2S/c1-3-15-8-9-18(24-15)12(2)20-21-19(23)16-10-13-6-4-5-7-14(13)11-17(16)22/h4-11,22H,3H2,1-2H3,(H,21,23)/b20-12+. The van der Waals surface area contributed by atoms with E-state index in [0.717, 1.165) is 27.8 Å². The van der Waals surface area contributed by atoms with Crippen LogP contribution in [0.15, 0.2) is 53.6 Å². The molecule has 0 atom stereocenters. The predicted octanol–water partition coefficient (Wildman–Crippen LogP) is 4.32. The SMILES string of the molecule is CCc1ccc(/C(C)=N/NC(=O)c2cc3ccccc3cc2O)s1. The molecule has 2 N–H and O–H groups in total. The Balaban J connectivity index is 1.81. The summed E-state index contributed by atoms with van der Waals surface area (Å²) in [6.07, 6.45) is 0.981. The average molecular weight is 338 g/mol. The van der Waals surface area contributed by atoms with Gasteiger partial charge >= 0.3 is 0 Å². The maximum Gasteiger partial charge on any atom is 0.275 e. The molecule has 122 valence electrons. The number of carbonyl (C=O) groups is 1. The van der Waals surface area contributed by atoms with Crippen molar-refractivity contribution in [1.29, 1.82) is 0 Å². The Labute approximate surface area is 144 Å². The highest BCUT2D eigenvalue weighted by molar-refractivity contribution is 7.14. The van der Waals surface area contributed by atoms with Gasteiger partial charge in [0.2, 0.25) is 0 Å². The second-order valence-electron chi connectivity index (χ2n) is 5.47. The second-order valence-corrected chi connectivity index (χ2v) is 6.64. The molecule has 0 unspecified atom stereocenters. The lowest BCUT2D eigenvalue weighted by Gasteiger charge is -2.06. The van der Waals surface area contributed by atoms with Gasteiger partial charge in [0.1, 0.15) is 5.75 Å². The molecule has 0 aliphatic heterocycles.